The Morgan fingerprint density at radius 2 is 2.27 bits per heavy atom. The number of phenolic OH excluding ortho intramolecular Hbond substituents is 1. The topological polar surface area (TPSA) is 32.3 Å². The van der Waals surface area contributed by atoms with Crippen LogP contribution in [-0.2, 0) is 6.54 Å². The lowest BCUT2D eigenvalue weighted by Crippen LogP contribution is -2.04. The van der Waals surface area contributed by atoms with Gasteiger partial charge in [-0.15, -0.1) is 0 Å². The minimum absolute atomic E-state index is 0.282. The Labute approximate surface area is 74.4 Å². The van der Waals surface area contributed by atoms with Crippen LogP contribution in [0.5, 0.6) is 5.75 Å². The number of aromatic hydroxyl groups is 1. The summed E-state index contributed by atoms with van der Waals surface area (Å²) in [5.41, 5.74) is 1.15. The Balaban J connectivity index is 2.86. The molecule has 3 heteroatoms. The van der Waals surface area contributed by atoms with Gasteiger partial charge in [0.1, 0.15) is 5.75 Å². The van der Waals surface area contributed by atoms with Crippen LogP contribution in [0.2, 0.25) is 0 Å². The van der Waals surface area contributed by atoms with Gasteiger partial charge in [0.25, 0.3) is 0 Å². The second-order valence-electron chi connectivity index (χ2n) is 2.32. The van der Waals surface area contributed by atoms with Crippen LogP contribution in [0.25, 0.3) is 0 Å². The molecule has 0 fully saturated rings. The third kappa shape index (κ3) is 2.20. The smallest absolute Gasteiger partial charge is 0.129 e. The molecule has 1 aromatic carbocycles. The predicted molar refractivity (Wildman–Crippen MR) is 48.6 cm³/mol. The lowest BCUT2D eigenvalue weighted by molar-refractivity contribution is 0.471. The van der Waals surface area contributed by atoms with Crippen LogP contribution in [0.4, 0.5) is 0 Å². The van der Waals surface area contributed by atoms with E-state index in [-0.39, 0.29) is 5.75 Å². The van der Waals surface area contributed by atoms with E-state index in [0.717, 1.165) is 16.6 Å². The second-order valence-corrected chi connectivity index (χ2v) is 3.17. The molecular formula is C8H10BrNO. The molecule has 0 atom stereocenters. The van der Waals surface area contributed by atoms with E-state index >= 15 is 0 Å². The minimum Gasteiger partial charge on any atom is -0.507 e. The third-order valence-electron chi connectivity index (χ3n) is 1.39. The van der Waals surface area contributed by atoms with Crippen LogP contribution in [0.15, 0.2) is 22.7 Å². The zero-order valence-electron chi connectivity index (χ0n) is 6.26. The van der Waals surface area contributed by atoms with E-state index in [4.69, 9.17) is 5.11 Å². The van der Waals surface area contributed by atoms with Crippen molar-refractivity contribution in [3.05, 3.63) is 28.2 Å². The molecule has 0 saturated carbocycles. The van der Waals surface area contributed by atoms with Crippen LogP contribution in [0, 0.1) is 0 Å². The molecule has 1 rings (SSSR count). The molecule has 0 saturated heterocycles. The van der Waals surface area contributed by atoms with Gasteiger partial charge in [-0.1, -0.05) is 6.07 Å². The van der Waals surface area contributed by atoms with Gasteiger partial charge in [-0.05, 0) is 40.7 Å². The average Bonchev–Trinajstić information content (AvgIpc) is 1.98. The van der Waals surface area contributed by atoms with Crippen molar-refractivity contribution in [2.24, 2.45) is 0 Å². The first-order valence-electron chi connectivity index (χ1n) is 3.36. The van der Waals surface area contributed by atoms with Crippen molar-refractivity contribution < 1.29 is 5.11 Å². The van der Waals surface area contributed by atoms with Gasteiger partial charge in [0.2, 0.25) is 0 Å². The van der Waals surface area contributed by atoms with Crippen molar-refractivity contribution in [2.75, 3.05) is 7.05 Å². The van der Waals surface area contributed by atoms with Gasteiger partial charge in [-0.25, -0.2) is 0 Å². The van der Waals surface area contributed by atoms with E-state index in [2.05, 4.69) is 21.2 Å². The summed E-state index contributed by atoms with van der Waals surface area (Å²) in [7, 11) is 1.89. The Bertz CT molecular complexity index is 250. The lowest BCUT2D eigenvalue weighted by atomic mass is 10.2. The molecule has 11 heavy (non-hydrogen) atoms. The molecule has 0 aliphatic carbocycles. The van der Waals surface area contributed by atoms with Crippen LogP contribution < -0.4 is 5.32 Å². The number of phenols is 1. The molecule has 2 N–H and O–H groups in total. The summed E-state index contributed by atoms with van der Waals surface area (Å²) in [4.78, 5) is 0. The highest BCUT2D eigenvalue weighted by atomic mass is 79.9. The Hall–Kier alpha value is -0.540. The maximum absolute atomic E-state index is 9.14. The zero-order chi connectivity index (χ0) is 8.27. The first kappa shape index (κ1) is 8.56. The van der Waals surface area contributed by atoms with Crippen LogP contribution in [0.3, 0.4) is 0 Å². The van der Waals surface area contributed by atoms with E-state index in [1.807, 2.05) is 19.2 Å². The standard InChI is InChI=1S/C8H10BrNO/c1-10-5-6-2-3-8(11)7(9)4-6/h2-4,10-11H,5H2,1H3. The van der Waals surface area contributed by atoms with E-state index < -0.39 is 0 Å². The van der Waals surface area contributed by atoms with Gasteiger partial charge >= 0.3 is 0 Å². The van der Waals surface area contributed by atoms with Gasteiger partial charge in [-0.3, -0.25) is 0 Å². The molecule has 0 aromatic heterocycles. The molecule has 0 aliphatic rings. The summed E-state index contributed by atoms with van der Waals surface area (Å²) in [6.45, 7) is 0.818. The second kappa shape index (κ2) is 3.74. The van der Waals surface area contributed by atoms with Crippen LogP contribution in [0.1, 0.15) is 5.56 Å². The molecule has 0 heterocycles. The number of hydrogen-bond donors (Lipinski definition) is 2. The summed E-state index contributed by atoms with van der Waals surface area (Å²) >= 11 is 3.24. The highest BCUT2D eigenvalue weighted by Crippen LogP contribution is 2.23. The summed E-state index contributed by atoms with van der Waals surface area (Å²) in [6.07, 6.45) is 0. The first-order chi connectivity index (χ1) is 5.24. The van der Waals surface area contributed by atoms with Gasteiger partial charge in [0, 0.05) is 6.54 Å². The van der Waals surface area contributed by atoms with E-state index in [0.29, 0.717) is 0 Å². The van der Waals surface area contributed by atoms with Crippen molar-refractivity contribution in [2.45, 2.75) is 6.54 Å². The molecule has 1 aromatic rings. The summed E-state index contributed by atoms with van der Waals surface area (Å²) in [6, 6.07) is 5.46. The van der Waals surface area contributed by atoms with Crippen molar-refractivity contribution in [1.29, 1.82) is 0 Å². The van der Waals surface area contributed by atoms with Crippen molar-refractivity contribution in [3.63, 3.8) is 0 Å². The molecule has 0 aliphatic heterocycles. The van der Waals surface area contributed by atoms with Gasteiger partial charge in [0.05, 0.1) is 4.47 Å². The van der Waals surface area contributed by atoms with Gasteiger partial charge in [-0.2, -0.15) is 0 Å². The monoisotopic (exact) mass is 215 g/mol. The van der Waals surface area contributed by atoms with Gasteiger partial charge in [0.15, 0.2) is 0 Å². The molecule has 0 unspecified atom stereocenters. The molecular weight excluding hydrogens is 206 g/mol. The highest BCUT2D eigenvalue weighted by Gasteiger charge is 1.97. The number of rotatable bonds is 2. The maximum atomic E-state index is 9.14. The molecule has 0 radical (unpaired) electrons. The fourth-order valence-electron chi connectivity index (χ4n) is 0.864. The van der Waals surface area contributed by atoms with Gasteiger partial charge < -0.3 is 10.4 Å². The van der Waals surface area contributed by atoms with Crippen molar-refractivity contribution in [1.82, 2.24) is 5.32 Å². The van der Waals surface area contributed by atoms with Crippen molar-refractivity contribution >= 4 is 15.9 Å². The first-order valence-corrected chi connectivity index (χ1v) is 4.15. The average molecular weight is 216 g/mol. The normalized spacial score (nSPS) is 10.0. The summed E-state index contributed by atoms with van der Waals surface area (Å²) in [5, 5.41) is 12.2. The molecule has 2 nitrogen and oxygen atoms in total. The number of hydrogen-bond acceptors (Lipinski definition) is 2. The predicted octanol–water partition coefficient (Wildman–Crippen LogP) is 1.87. The molecule has 0 amide bonds. The van der Waals surface area contributed by atoms with Crippen LogP contribution >= 0.6 is 15.9 Å². The largest absolute Gasteiger partial charge is 0.507 e. The van der Waals surface area contributed by atoms with E-state index in [9.17, 15) is 0 Å². The minimum atomic E-state index is 0.282. The maximum Gasteiger partial charge on any atom is 0.129 e. The third-order valence-corrected chi connectivity index (χ3v) is 2.03. The lowest BCUT2D eigenvalue weighted by Gasteiger charge is -2.01. The molecule has 0 bridgehead atoms. The van der Waals surface area contributed by atoms with E-state index in [1.165, 1.54) is 0 Å². The fourth-order valence-corrected chi connectivity index (χ4v) is 1.29. The zero-order valence-corrected chi connectivity index (χ0v) is 7.85. The quantitative estimate of drug-likeness (QED) is 0.790. The van der Waals surface area contributed by atoms with Crippen LogP contribution in [-0.4, -0.2) is 12.2 Å². The summed E-state index contributed by atoms with van der Waals surface area (Å²) in [5.74, 6) is 0.282. The number of halogens is 1. The van der Waals surface area contributed by atoms with Crippen molar-refractivity contribution in [3.8, 4) is 5.75 Å². The SMILES string of the molecule is CNCc1ccc(O)c(Br)c1. The van der Waals surface area contributed by atoms with E-state index in [1.54, 1.807) is 6.07 Å². The Morgan fingerprint density at radius 3 is 2.82 bits per heavy atom. The highest BCUT2D eigenvalue weighted by molar-refractivity contribution is 9.10. The summed E-state index contributed by atoms with van der Waals surface area (Å²) < 4.78 is 0.741. The number of nitrogens with one attached hydrogen (secondary N) is 1. The number of benzene rings is 1. The molecule has 0 spiro atoms. The Morgan fingerprint density at radius 1 is 1.55 bits per heavy atom. The fraction of sp³-hybridized carbons (Fsp3) is 0.250. The Kier molecular flexibility index (Phi) is 2.91. The molecule has 60 valence electrons.